The van der Waals surface area contributed by atoms with E-state index in [9.17, 15) is 10.1 Å². The van der Waals surface area contributed by atoms with E-state index in [1.165, 1.54) is 10.9 Å². The minimum absolute atomic E-state index is 0.0129. The molecule has 0 amide bonds. The van der Waals surface area contributed by atoms with Crippen LogP contribution in [0.5, 0.6) is 5.75 Å². The monoisotopic (exact) mass is 345 g/mol. The molecule has 19 heavy (non-hydrogen) atoms. The zero-order valence-corrected chi connectivity index (χ0v) is 12.2. The molecule has 6 nitrogen and oxygen atoms in total. The lowest BCUT2D eigenvalue weighted by atomic mass is 10.2. The van der Waals surface area contributed by atoms with Crippen LogP contribution < -0.4 is 4.74 Å². The Morgan fingerprint density at radius 2 is 2.32 bits per heavy atom. The molecule has 0 spiro atoms. The summed E-state index contributed by atoms with van der Waals surface area (Å²) in [7, 11) is 1.56. The maximum absolute atomic E-state index is 10.7. The van der Waals surface area contributed by atoms with E-state index in [0.29, 0.717) is 12.3 Å². The van der Waals surface area contributed by atoms with Crippen LogP contribution in [0, 0.1) is 10.1 Å². The number of aromatic nitrogens is 2. The summed E-state index contributed by atoms with van der Waals surface area (Å²) >= 11 is 9.11. The number of nitrogens with zero attached hydrogens (tertiary/aromatic N) is 3. The van der Waals surface area contributed by atoms with Gasteiger partial charge in [0.05, 0.1) is 25.0 Å². The average molecular weight is 347 g/mol. The summed E-state index contributed by atoms with van der Waals surface area (Å²) < 4.78 is 7.52. The molecule has 8 heteroatoms. The second-order valence-electron chi connectivity index (χ2n) is 3.71. The molecule has 0 radical (unpaired) electrons. The largest absolute Gasteiger partial charge is 0.496 e. The molecule has 1 aromatic carbocycles. The maximum Gasteiger partial charge on any atom is 0.408 e. The van der Waals surface area contributed by atoms with Gasteiger partial charge in [-0.05, 0) is 23.1 Å². The number of benzene rings is 1. The van der Waals surface area contributed by atoms with E-state index in [4.69, 9.17) is 16.3 Å². The first-order chi connectivity index (χ1) is 9.01. The highest BCUT2D eigenvalue weighted by Crippen LogP contribution is 2.26. The molecule has 2 rings (SSSR count). The van der Waals surface area contributed by atoms with Crippen LogP contribution in [0.15, 0.2) is 28.9 Å². The summed E-state index contributed by atoms with van der Waals surface area (Å²) in [6, 6.07) is 5.51. The molecule has 0 aliphatic carbocycles. The molecule has 0 saturated carbocycles. The molecule has 0 aliphatic rings. The summed E-state index contributed by atoms with van der Waals surface area (Å²) in [6.07, 6.45) is 1.42. The normalized spacial score (nSPS) is 10.5. The highest BCUT2D eigenvalue weighted by Gasteiger charge is 2.19. The van der Waals surface area contributed by atoms with Gasteiger partial charge in [0.2, 0.25) is 0 Å². The molecule has 100 valence electrons. The van der Waals surface area contributed by atoms with E-state index in [-0.39, 0.29) is 10.8 Å². The van der Waals surface area contributed by atoms with Crippen molar-refractivity contribution in [1.82, 2.24) is 9.78 Å². The molecule has 0 atom stereocenters. The predicted molar refractivity (Wildman–Crippen MR) is 73.7 cm³/mol. The van der Waals surface area contributed by atoms with E-state index in [1.54, 1.807) is 13.2 Å². The maximum atomic E-state index is 10.7. The molecule has 0 aliphatic heterocycles. The van der Waals surface area contributed by atoms with Gasteiger partial charge in [0.1, 0.15) is 5.75 Å². The number of nitro groups is 1. The van der Waals surface area contributed by atoms with Crippen LogP contribution in [0.3, 0.4) is 0 Å². The fourth-order valence-electron chi connectivity index (χ4n) is 1.64. The molecule has 0 saturated heterocycles. The van der Waals surface area contributed by atoms with E-state index in [1.807, 2.05) is 12.1 Å². The summed E-state index contributed by atoms with van der Waals surface area (Å²) in [6.45, 7) is 0.330. The van der Waals surface area contributed by atoms with Crippen LogP contribution in [-0.4, -0.2) is 21.8 Å². The van der Waals surface area contributed by atoms with Gasteiger partial charge in [-0.3, -0.25) is 0 Å². The SMILES string of the molecule is COc1ccc(Br)cc1Cn1cc(Cl)c([N+](=O)[O-])n1. The van der Waals surface area contributed by atoms with Crippen LogP contribution in [0.1, 0.15) is 5.56 Å². The van der Waals surface area contributed by atoms with Crippen LogP contribution in [0.4, 0.5) is 5.82 Å². The van der Waals surface area contributed by atoms with E-state index >= 15 is 0 Å². The van der Waals surface area contributed by atoms with Gasteiger partial charge in [0.15, 0.2) is 5.02 Å². The Balaban J connectivity index is 2.33. The first-order valence-corrected chi connectivity index (χ1v) is 6.38. The average Bonchev–Trinajstić information content (AvgIpc) is 2.71. The Morgan fingerprint density at radius 1 is 1.58 bits per heavy atom. The second kappa shape index (κ2) is 5.58. The third-order valence-electron chi connectivity index (χ3n) is 2.45. The fraction of sp³-hybridized carbons (Fsp3) is 0.182. The summed E-state index contributed by atoms with van der Waals surface area (Å²) in [5.74, 6) is 0.327. The van der Waals surface area contributed by atoms with Gasteiger partial charge in [0.25, 0.3) is 0 Å². The van der Waals surface area contributed by atoms with Gasteiger partial charge in [-0.15, -0.1) is 0 Å². The van der Waals surface area contributed by atoms with Crippen LogP contribution in [-0.2, 0) is 6.54 Å². The topological polar surface area (TPSA) is 70.2 Å². The van der Waals surface area contributed by atoms with Crippen molar-refractivity contribution < 1.29 is 9.66 Å². The standard InChI is InChI=1S/C11H9BrClN3O3/c1-19-10-3-2-8(12)4-7(10)5-15-6-9(13)11(14-15)16(17)18/h2-4,6H,5H2,1H3. The number of ether oxygens (including phenoxy) is 1. The summed E-state index contributed by atoms with van der Waals surface area (Å²) in [5.41, 5.74) is 0.839. The Hall–Kier alpha value is -1.60. The summed E-state index contributed by atoms with van der Waals surface area (Å²) in [4.78, 5) is 10.1. The van der Waals surface area contributed by atoms with Gasteiger partial charge in [-0.25, -0.2) is 0 Å². The molecule has 0 bridgehead atoms. The van der Waals surface area contributed by atoms with Gasteiger partial charge < -0.3 is 14.9 Å². The lowest BCUT2D eigenvalue weighted by Gasteiger charge is -2.07. The molecule has 2 aromatic rings. The van der Waals surface area contributed by atoms with Crippen molar-refractivity contribution in [2.45, 2.75) is 6.54 Å². The first kappa shape index (κ1) is 13.8. The van der Waals surface area contributed by atoms with Crippen molar-refractivity contribution in [1.29, 1.82) is 0 Å². The van der Waals surface area contributed by atoms with Crippen molar-refractivity contribution in [3.63, 3.8) is 0 Å². The number of methoxy groups -OCH3 is 1. The van der Waals surface area contributed by atoms with Crippen LogP contribution in [0.2, 0.25) is 5.02 Å². The molecular weight excluding hydrogens is 337 g/mol. The van der Waals surface area contributed by atoms with E-state index in [2.05, 4.69) is 21.0 Å². The Bertz CT molecular complexity index is 630. The van der Waals surface area contributed by atoms with Gasteiger partial charge in [0, 0.05) is 10.0 Å². The number of hydrogen-bond donors (Lipinski definition) is 0. The van der Waals surface area contributed by atoms with Gasteiger partial charge in [-0.2, -0.15) is 4.68 Å². The third kappa shape index (κ3) is 3.05. The minimum Gasteiger partial charge on any atom is -0.496 e. The van der Waals surface area contributed by atoms with Crippen molar-refractivity contribution in [3.8, 4) is 5.75 Å². The van der Waals surface area contributed by atoms with E-state index in [0.717, 1.165) is 10.0 Å². The molecule has 0 N–H and O–H groups in total. The Morgan fingerprint density at radius 3 is 2.89 bits per heavy atom. The van der Waals surface area contributed by atoms with Crippen molar-refractivity contribution in [3.05, 3.63) is 49.6 Å². The highest BCUT2D eigenvalue weighted by molar-refractivity contribution is 9.10. The van der Waals surface area contributed by atoms with Crippen molar-refractivity contribution in [2.75, 3.05) is 7.11 Å². The van der Waals surface area contributed by atoms with Crippen LogP contribution >= 0.6 is 27.5 Å². The highest BCUT2D eigenvalue weighted by atomic mass is 79.9. The first-order valence-electron chi connectivity index (χ1n) is 5.21. The fourth-order valence-corrected chi connectivity index (χ4v) is 2.26. The smallest absolute Gasteiger partial charge is 0.408 e. The van der Waals surface area contributed by atoms with Crippen molar-refractivity contribution >= 4 is 33.3 Å². The molecule has 0 unspecified atom stereocenters. The van der Waals surface area contributed by atoms with Crippen molar-refractivity contribution in [2.24, 2.45) is 0 Å². The number of rotatable bonds is 4. The lowest BCUT2D eigenvalue weighted by Crippen LogP contribution is -2.03. The minimum atomic E-state index is -0.614. The second-order valence-corrected chi connectivity index (χ2v) is 5.03. The number of halogens is 2. The molecule has 1 heterocycles. The molecule has 1 aromatic heterocycles. The van der Waals surface area contributed by atoms with Gasteiger partial charge >= 0.3 is 5.82 Å². The number of hydrogen-bond acceptors (Lipinski definition) is 4. The Kier molecular flexibility index (Phi) is 4.06. The van der Waals surface area contributed by atoms with Crippen LogP contribution in [0.25, 0.3) is 0 Å². The zero-order valence-electron chi connectivity index (χ0n) is 9.84. The summed E-state index contributed by atoms with van der Waals surface area (Å²) in [5, 5.41) is 14.5. The Labute approximate surface area is 122 Å². The van der Waals surface area contributed by atoms with Gasteiger partial charge in [-0.1, -0.05) is 27.5 Å². The molecular formula is C11H9BrClN3O3. The predicted octanol–water partition coefficient (Wildman–Crippen LogP) is 3.26. The quantitative estimate of drug-likeness (QED) is 0.629. The van der Waals surface area contributed by atoms with E-state index < -0.39 is 4.92 Å². The zero-order chi connectivity index (χ0) is 14.0. The third-order valence-corrected chi connectivity index (χ3v) is 3.21. The lowest BCUT2D eigenvalue weighted by molar-refractivity contribution is -0.389. The molecule has 0 fully saturated rings.